The monoisotopic (exact) mass is 391 g/mol. The third-order valence-electron chi connectivity index (χ3n) is 5.08. The molecule has 0 saturated carbocycles. The largest absolute Gasteiger partial charge is 0.354 e. The molecule has 0 aliphatic carbocycles. The molecule has 1 aliphatic heterocycles. The molecule has 2 aromatic rings. The summed E-state index contributed by atoms with van der Waals surface area (Å²) in [5, 5.41) is 7.05. The number of likely N-dealkylation sites (N-methyl/N-ethyl adjacent to an activating group) is 1. The summed E-state index contributed by atoms with van der Waals surface area (Å²) in [6.07, 6.45) is 2.69. The molecule has 2 atom stereocenters. The van der Waals surface area contributed by atoms with Crippen molar-refractivity contribution in [3.05, 3.63) is 53.3 Å². The van der Waals surface area contributed by atoms with Gasteiger partial charge in [0.25, 0.3) is 10.2 Å². The fourth-order valence-electron chi connectivity index (χ4n) is 3.26. The maximum atomic E-state index is 12.7. The van der Waals surface area contributed by atoms with E-state index >= 15 is 0 Å². The van der Waals surface area contributed by atoms with E-state index in [9.17, 15) is 13.2 Å². The zero-order chi connectivity index (χ0) is 19.6. The molecule has 2 heterocycles. The molecule has 1 aromatic carbocycles. The molecular weight excluding hydrogens is 366 g/mol. The van der Waals surface area contributed by atoms with Crippen molar-refractivity contribution < 1.29 is 13.2 Å². The first-order valence-electron chi connectivity index (χ1n) is 8.85. The Balaban J connectivity index is 1.70. The number of amides is 1. The van der Waals surface area contributed by atoms with Crippen LogP contribution < -0.4 is 10.0 Å². The lowest BCUT2D eigenvalue weighted by Gasteiger charge is -2.36. The Morgan fingerprint density at radius 1 is 1.30 bits per heavy atom. The summed E-state index contributed by atoms with van der Waals surface area (Å²) >= 11 is 0. The SMILES string of the molecule is Cc1c([C@@H]2C[C@@H](C(=O)NCCc3ccccc3)N(C)S(=O)(=O)N2)cnn1C. The highest BCUT2D eigenvalue weighted by Gasteiger charge is 2.41. The summed E-state index contributed by atoms with van der Waals surface area (Å²) in [6.45, 7) is 2.33. The van der Waals surface area contributed by atoms with E-state index in [0.717, 1.165) is 21.1 Å². The van der Waals surface area contributed by atoms with Gasteiger partial charge in [-0.1, -0.05) is 30.3 Å². The van der Waals surface area contributed by atoms with Crippen molar-refractivity contribution in [2.45, 2.75) is 31.8 Å². The van der Waals surface area contributed by atoms with Gasteiger partial charge < -0.3 is 5.32 Å². The van der Waals surface area contributed by atoms with Gasteiger partial charge in [-0.25, -0.2) is 0 Å². The Morgan fingerprint density at radius 2 is 2.00 bits per heavy atom. The van der Waals surface area contributed by atoms with Gasteiger partial charge in [0.2, 0.25) is 5.91 Å². The van der Waals surface area contributed by atoms with Crippen LogP contribution in [0.3, 0.4) is 0 Å². The molecule has 9 heteroatoms. The van der Waals surface area contributed by atoms with Crippen molar-refractivity contribution in [1.82, 2.24) is 24.1 Å². The highest BCUT2D eigenvalue weighted by atomic mass is 32.2. The Hall–Kier alpha value is -2.23. The molecule has 1 fully saturated rings. The van der Waals surface area contributed by atoms with Gasteiger partial charge in [0.1, 0.15) is 6.04 Å². The van der Waals surface area contributed by atoms with Crippen LogP contribution in [0.25, 0.3) is 0 Å². The molecular formula is C18H25N5O3S. The van der Waals surface area contributed by atoms with Gasteiger partial charge >= 0.3 is 0 Å². The third-order valence-corrected chi connectivity index (χ3v) is 6.67. The van der Waals surface area contributed by atoms with E-state index in [1.165, 1.54) is 7.05 Å². The molecule has 1 amide bonds. The lowest BCUT2D eigenvalue weighted by molar-refractivity contribution is -0.125. The van der Waals surface area contributed by atoms with E-state index in [0.29, 0.717) is 19.4 Å². The van der Waals surface area contributed by atoms with Crippen LogP contribution in [0.5, 0.6) is 0 Å². The van der Waals surface area contributed by atoms with E-state index in [-0.39, 0.29) is 5.91 Å². The van der Waals surface area contributed by atoms with Crippen LogP contribution >= 0.6 is 0 Å². The smallest absolute Gasteiger partial charge is 0.280 e. The number of hydrogen-bond donors (Lipinski definition) is 2. The van der Waals surface area contributed by atoms with Crippen LogP contribution in [-0.4, -0.2) is 48.0 Å². The van der Waals surface area contributed by atoms with E-state index in [2.05, 4.69) is 15.1 Å². The fraction of sp³-hybridized carbons (Fsp3) is 0.444. The molecule has 3 rings (SSSR count). The van der Waals surface area contributed by atoms with Crippen LogP contribution in [0.4, 0.5) is 0 Å². The van der Waals surface area contributed by atoms with E-state index in [1.807, 2.05) is 37.3 Å². The first-order valence-corrected chi connectivity index (χ1v) is 10.3. The Labute approximate surface area is 159 Å². The van der Waals surface area contributed by atoms with Gasteiger partial charge in [0.05, 0.1) is 12.2 Å². The van der Waals surface area contributed by atoms with Gasteiger partial charge in [-0.2, -0.15) is 22.5 Å². The summed E-state index contributed by atoms with van der Waals surface area (Å²) in [5.41, 5.74) is 2.78. The predicted octanol–water partition coefficient (Wildman–Crippen LogP) is 0.667. The van der Waals surface area contributed by atoms with Crippen molar-refractivity contribution >= 4 is 16.1 Å². The molecule has 0 spiro atoms. The van der Waals surface area contributed by atoms with Crippen LogP contribution in [0.2, 0.25) is 0 Å². The lowest BCUT2D eigenvalue weighted by Crippen LogP contribution is -2.57. The minimum absolute atomic E-state index is 0.287. The minimum atomic E-state index is -3.75. The first-order chi connectivity index (χ1) is 12.8. The third kappa shape index (κ3) is 4.20. The zero-order valence-electron chi connectivity index (χ0n) is 15.7. The molecule has 1 aliphatic rings. The number of carbonyl (C=O) groups is 1. The first kappa shape index (κ1) is 19.5. The number of rotatable bonds is 5. The lowest BCUT2D eigenvalue weighted by atomic mass is 10.00. The molecule has 0 unspecified atom stereocenters. The Bertz CT molecular complexity index is 910. The summed E-state index contributed by atoms with van der Waals surface area (Å²) < 4.78 is 30.4. The number of nitrogens with one attached hydrogen (secondary N) is 2. The highest BCUT2D eigenvalue weighted by Crippen LogP contribution is 2.29. The number of aromatic nitrogens is 2. The normalized spacial score (nSPS) is 22.5. The quantitative estimate of drug-likeness (QED) is 0.783. The number of nitrogens with zero attached hydrogens (tertiary/aromatic N) is 3. The molecule has 2 N–H and O–H groups in total. The summed E-state index contributed by atoms with van der Waals surface area (Å²) in [7, 11) is -0.524. The number of hydrogen-bond acceptors (Lipinski definition) is 4. The highest BCUT2D eigenvalue weighted by molar-refractivity contribution is 7.87. The maximum absolute atomic E-state index is 12.7. The molecule has 146 valence electrons. The van der Waals surface area contributed by atoms with Crippen molar-refractivity contribution in [2.75, 3.05) is 13.6 Å². The second-order valence-electron chi connectivity index (χ2n) is 6.78. The Morgan fingerprint density at radius 3 is 2.63 bits per heavy atom. The number of carbonyl (C=O) groups excluding carboxylic acids is 1. The van der Waals surface area contributed by atoms with Crippen LogP contribution in [0.1, 0.15) is 29.3 Å². The van der Waals surface area contributed by atoms with Gasteiger partial charge in [-0.3, -0.25) is 9.48 Å². The summed E-state index contributed by atoms with van der Waals surface area (Å²) in [4.78, 5) is 12.7. The van der Waals surface area contributed by atoms with Gasteiger partial charge in [0, 0.05) is 31.9 Å². The maximum Gasteiger partial charge on any atom is 0.280 e. The van der Waals surface area contributed by atoms with Gasteiger partial charge in [-0.15, -0.1) is 0 Å². The second-order valence-corrected chi connectivity index (χ2v) is 8.54. The van der Waals surface area contributed by atoms with Gasteiger partial charge in [0.15, 0.2) is 0 Å². The molecule has 1 saturated heterocycles. The number of aryl methyl sites for hydroxylation is 1. The summed E-state index contributed by atoms with van der Waals surface area (Å²) in [5.74, 6) is -0.287. The van der Waals surface area contributed by atoms with Crippen LogP contribution in [0.15, 0.2) is 36.5 Å². The van der Waals surface area contributed by atoms with Crippen molar-refractivity contribution in [3.63, 3.8) is 0 Å². The van der Waals surface area contributed by atoms with Crippen LogP contribution in [0, 0.1) is 6.92 Å². The predicted molar refractivity (Wildman–Crippen MR) is 102 cm³/mol. The van der Waals surface area contributed by atoms with E-state index in [4.69, 9.17) is 0 Å². The van der Waals surface area contributed by atoms with Crippen molar-refractivity contribution in [1.29, 1.82) is 0 Å². The molecule has 27 heavy (non-hydrogen) atoms. The average molecular weight is 391 g/mol. The zero-order valence-corrected chi connectivity index (χ0v) is 16.5. The van der Waals surface area contributed by atoms with E-state index < -0.39 is 22.3 Å². The standard InChI is InChI=1S/C18H25N5O3S/c1-13-15(12-20-22(13)2)16-11-17(23(3)27(25,26)21-16)18(24)19-10-9-14-7-5-4-6-8-14/h4-8,12,16-17,21H,9-11H2,1-3H3,(H,19,24)/t16-,17-/m0/s1. The van der Waals surface area contributed by atoms with Gasteiger partial charge in [-0.05, 0) is 25.3 Å². The Kier molecular flexibility index (Phi) is 5.64. The van der Waals surface area contributed by atoms with E-state index in [1.54, 1.807) is 17.9 Å². The molecule has 0 bridgehead atoms. The second kappa shape index (κ2) is 7.79. The average Bonchev–Trinajstić information content (AvgIpc) is 2.97. The van der Waals surface area contributed by atoms with Crippen molar-refractivity contribution in [2.24, 2.45) is 7.05 Å². The minimum Gasteiger partial charge on any atom is -0.354 e. The number of benzene rings is 1. The molecule has 1 aromatic heterocycles. The fourth-order valence-corrected chi connectivity index (χ4v) is 4.53. The topological polar surface area (TPSA) is 96.3 Å². The van der Waals surface area contributed by atoms with Crippen molar-refractivity contribution in [3.8, 4) is 0 Å². The van der Waals surface area contributed by atoms with Crippen LogP contribution in [-0.2, 0) is 28.5 Å². The molecule has 0 radical (unpaired) electrons. The summed E-state index contributed by atoms with van der Waals surface area (Å²) in [6, 6.07) is 8.58. The molecule has 8 nitrogen and oxygen atoms in total.